The van der Waals surface area contributed by atoms with Crippen molar-refractivity contribution in [2.45, 2.75) is 38.6 Å². The van der Waals surface area contributed by atoms with Crippen molar-refractivity contribution in [2.75, 3.05) is 6.54 Å². The topological polar surface area (TPSA) is 55.1 Å². The van der Waals surface area contributed by atoms with Crippen molar-refractivity contribution in [3.05, 3.63) is 34.1 Å². The van der Waals surface area contributed by atoms with Gasteiger partial charge in [0.25, 0.3) is 0 Å². The Bertz CT molecular complexity index is 449. The van der Waals surface area contributed by atoms with E-state index >= 15 is 0 Å². The van der Waals surface area contributed by atoms with E-state index in [1.54, 1.807) is 19.1 Å². The van der Waals surface area contributed by atoms with Crippen LogP contribution in [0.15, 0.2) is 22.7 Å². The van der Waals surface area contributed by atoms with Crippen LogP contribution in [0.3, 0.4) is 0 Å². The molecular weight excluding hydrogens is 311 g/mol. The first-order valence-corrected chi connectivity index (χ1v) is 7.17. The Hall–Kier alpha value is -0.940. The van der Waals surface area contributed by atoms with Gasteiger partial charge in [-0.1, -0.05) is 19.4 Å². The molecule has 0 aromatic heterocycles. The molecule has 106 valence electrons. The van der Waals surface area contributed by atoms with Gasteiger partial charge in [0, 0.05) is 6.54 Å². The normalized spacial score (nSPS) is 13.9. The van der Waals surface area contributed by atoms with E-state index in [4.69, 9.17) is 5.73 Å². The minimum Gasteiger partial charge on any atom is -0.354 e. The molecule has 0 aliphatic rings. The Labute approximate surface area is 121 Å². The van der Waals surface area contributed by atoms with Gasteiger partial charge in [-0.05, 0) is 53.4 Å². The van der Waals surface area contributed by atoms with Crippen molar-refractivity contribution in [2.24, 2.45) is 5.73 Å². The molecule has 3 nitrogen and oxygen atoms in total. The van der Waals surface area contributed by atoms with Crippen LogP contribution in [0.5, 0.6) is 0 Å². The highest BCUT2D eigenvalue weighted by molar-refractivity contribution is 9.10. The van der Waals surface area contributed by atoms with Gasteiger partial charge in [-0.2, -0.15) is 0 Å². The van der Waals surface area contributed by atoms with Crippen LogP contribution in [0.4, 0.5) is 4.39 Å². The Morgan fingerprint density at radius 2 is 2.21 bits per heavy atom. The largest absolute Gasteiger partial charge is 0.354 e. The van der Waals surface area contributed by atoms with Crippen LogP contribution < -0.4 is 11.1 Å². The molecule has 1 amide bonds. The van der Waals surface area contributed by atoms with Crippen molar-refractivity contribution in [3.8, 4) is 0 Å². The van der Waals surface area contributed by atoms with Crippen molar-refractivity contribution >= 4 is 21.8 Å². The summed E-state index contributed by atoms with van der Waals surface area (Å²) in [6.45, 7) is 4.22. The van der Waals surface area contributed by atoms with E-state index < -0.39 is 5.54 Å². The van der Waals surface area contributed by atoms with Crippen molar-refractivity contribution < 1.29 is 9.18 Å². The highest BCUT2D eigenvalue weighted by atomic mass is 79.9. The maximum absolute atomic E-state index is 13.1. The van der Waals surface area contributed by atoms with Gasteiger partial charge in [0.2, 0.25) is 5.91 Å². The molecule has 5 heteroatoms. The summed E-state index contributed by atoms with van der Waals surface area (Å²) in [5.41, 5.74) is 6.06. The molecule has 0 heterocycles. The van der Waals surface area contributed by atoms with Gasteiger partial charge >= 0.3 is 0 Å². The summed E-state index contributed by atoms with van der Waals surface area (Å²) in [6, 6.07) is 4.83. The Morgan fingerprint density at radius 1 is 1.53 bits per heavy atom. The molecule has 0 saturated carbocycles. The van der Waals surface area contributed by atoms with Crippen LogP contribution in [0.25, 0.3) is 0 Å². The number of halogens is 2. The zero-order valence-electron chi connectivity index (χ0n) is 11.3. The lowest BCUT2D eigenvalue weighted by atomic mass is 9.96. The second-order valence-corrected chi connectivity index (χ2v) is 5.78. The van der Waals surface area contributed by atoms with Crippen LogP contribution in [-0.2, 0) is 11.2 Å². The fourth-order valence-electron chi connectivity index (χ4n) is 1.85. The molecular formula is C14H20BrFN2O. The highest BCUT2D eigenvalue weighted by Crippen LogP contribution is 2.17. The number of hydrogen-bond acceptors (Lipinski definition) is 2. The summed E-state index contributed by atoms with van der Waals surface area (Å²) in [4.78, 5) is 11.9. The maximum Gasteiger partial charge on any atom is 0.239 e. The van der Waals surface area contributed by atoms with Crippen LogP contribution in [0.1, 0.15) is 32.3 Å². The average Bonchev–Trinajstić information content (AvgIpc) is 2.33. The molecule has 0 saturated heterocycles. The zero-order chi connectivity index (χ0) is 14.5. The first-order valence-electron chi connectivity index (χ1n) is 6.38. The first-order chi connectivity index (χ1) is 8.86. The lowest BCUT2D eigenvalue weighted by Gasteiger charge is -2.22. The van der Waals surface area contributed by atoms with Crippen molar-refractivity contribution in [1.29, 1.82) is 0 Å². The second kappa shape index (κ2) is 7.01. The third-order valence-corrected chi connectivity index (χ3v) is 3.58. The summed E-state index contributed by atoms with van der Waals surface area (Å²) >= 11 is 3.14. The van der Waals surface area contributed by atoms with Crippen LogP contribution in [-0.4, -0.2) is 18.0 Å². The van der Waals surface area contributed by atoms with Gasteiger partial charge in [-0.3, -0.25) is 4.79 Å². The van der Waals surface area contributed by atoms with E-state index in [0.717, 1.165) is 12.0 Å². The predicted octanol–water partition coefficient (Wildman–Crippen LogP) is 2.76. The quantitative estimate of drug-likeness (QED) is 0.842. The van der Waals surface area contributed by atoms with E-state index in [1.807, 2.05) is 6.92 Å². The number of nitrogens with one attached hydrogen (secondary N) is 1. The molecule has 1 aromatic rings. The van der Waals surface area contributed by atoms with Gasteiger partial charge in [-0.15, -0.1) is 0 Å². The summed E-state index contributed by atoms with van der Waals surface area (Å²) in [7, 11) is 0. The van der Waals surface area contributed by atoms with Crippen LogP contribution >= 0.6 is 15.9 Å². The number of amides is 1. The lowest BCUT2D eigenvalue weighted by Crippen LogP contribution is -2.51. The minimum atomic E-state index is -0.821. The predicted molar refractivity (Wildman–Crippen MR) is 78.3 cm³/mol. The number of nitrogens with two attached hydrogens (primary N) is 1. The van der Waals surface area contributed by atoms with Crippen LogP contribution in [0.2, 0.25) is 0 Å². The molecule has 0 aliphatic heterocycles. The Morgan fingerprint density at radius 3 is 2.79 bits per heavy atom. The minimum absolute atomic E-state index is 0.143. The molecule has 1 unspecified atom stereocenters. The molecule has 0 aliphatic carbocycles. The standard InChI is InChI=1S/C14H20BrFN2O/c1-3-7-14(2,17)13(19)18-8-6-10-4-5-12(16)11(15)9-10/h4-5,9H,3,6-8,17H2,1-2H3,(H,18,19). The SMILES string of the molecule is CCCC(C)(N)C(=O)NCCc1ccc(F)c(Br)c1. The van der Waals surface area contributed by atoms with Crippen LogP contribution in [0, 0.1) is 5.82 Å². The van der Waals surface area contributed by atoms with Gasteiger partial charge in [-0.25, -0.2) is 4.39 Å². The van der Waals surface area contributed by atoms with Crippen molar-refractivity contribution in [1.82, 2.24) is 5.32 Å². The zero-order valence-corrected chi connectivity index (χ0v) is 12.9. The van der Waals surface area contributed by atoms with Gasteiger partial charge in [0.1, 0.15) is 5.82 Å². The van der Waals surface area contributed by atoms with Crippen molar-refractivity contribution in [3.63, 3.8) is 0 Å². The molecule has 0 fully saturated rings. The van der Waals surface area contributed by atoms with E-state index in [-0.39, 0.29) is 11.7 Å². The average molecular weight is 331 g/mol. The monoisotopic (exact) mass is 330 g/mol. The van der Waals surface area contributed by atoms with Gasteiger partial charge in [0.15, 0.2) is 0 Å². The van der Waals surface area contributed by atoms with E-state index in [0.29, 0.717) is 23.9 Å². The van der Waals surface area contributed by atoms with E-state index in [1.165, 1.54) is 6.07 Å². The number of carbonyl (C=O) groups is 1. The third kappa shape index (κ3) is 4.91. The molecule has 0 radical (unpaired) electrons. The Kier molecular flexibility index (Phi) is 5.94. The van der Waals surface area contributed by atoms with E-state index in [9.17, 15) is 9.18 Å². The van der Waals surface area contributed by atoms with E-state index in [2.05, 4.69) is 21.2 Å². The second-order valence-electron chi connectivity index (χ2n) is 4.92. The molecule has 3 N–H and O–H groups in total. The third-order valence-electron chi connectivity index (χ3n) is 2.97. The molecule has 19 heavy (non-hydrogen) atoms. The molecule has 1 atom stereocenters. The molecule has 1 rings (SSSR count). The fraction of sp³-hybridized carbons (Fsp3) is 0.500. The number of carbonyl (C=O) groups excluding carboxylic acids is 1. The number of benzene rings is 1. The fourth-order valence-corrected chi connectivity index (χ4v) is 2.28. The highest BCUT2D eigenvalue weighted by Gasteiger charge is 2.26. The summed E-state index contributed by atoms with van der Waals surface area (Å²) < 4.78 is 13.5. The molecule has 0 spiro atoms. The van der Waals surface area contributed by atoms with Gasteiger partial charge < -0.3 is 11.1 Å². The first kappa shape index (κ1) is 16.1. The molecule has 1 aromatic carbocycles. The summed E-state index contributed by atoms with van der Waals surface area (Å²) in [5, 5.41) is 2.82. The smallest absolute Gasteiger partial charge is 0.239 e. The summed E-state index contributed by atoms with van der Waals surface area (Å²) in [5.74, 6) is -0.430. The lowest BCUT2D eigenvalue weighted by molar-refractivity contribution is -0.126. The maximum atomic E-state index is 13.1. The number of hydrogen-bond donors (Lipinski definition) is 2. The van der Waals surface area contributed by atoms with Gasteiger partial charge in [0.05, 0.1) is 10.0 Å². The Balaban J connectivity index is 2.46. The summed E-state index contributed by atoms with van der Waals surface area (Å²) in [6.07, 6.45) is 2.17. The number of rotatable bonds is 6. The molecule has 0 bridgehead atoms.